The second-order valence-electron chi connectivity index (χ2n) is 5.07. The fourth-order valence-corrected chi connectivity index (χ4v) is 4.09. The van der Waals surface area contributed by atoms with Gasteiger partial charge in [-0.25, -0.2) is 8.42 Å². The summed E-state index contributed by atoms with van der Waals surface area (Å²) in [6.07, 6.45) is 0.485. The molecule has 0 aromatic heterocycles. The van der Waals surface area contributed by atoms with E-state index in [1.165, 1.54) is 4.90 Å². The molecule has 1 fully saturated rings. The van der Waals surface area contributed by atoms with E-state index in [1.54, 1.807) is 31.3 Å². The molecule has 1 amide bonds. The molecule has 1 aromatic carbocycles. The third-order valence-electron chi connectivity index (χ3n) is 3.63. The minimum atomic E-state index is -3.01. The number of carbonyl (C=O) groups excluding carboxylic acids is 1. The molecule has 0 bridgehead atoms. The molecule has 1 aliphatic rings. The van der Waals surface area contributed by atoms with Crippen LogP contribution >= 0.6 is 0 Å². The van der Waals surface area contributed by atoms with Gasteiger partial charge in [-0.2, -0.15) is 5.26 Å². The van der Waals surface area contributed by atoms with Crippen molar-refractivity contribution in [2.24, 2.45) is 0 Å². The van der Waals surface area contributed by atoms with Crippen molar-refractivity contribution in [3.05, 3.63) is 29.8 Å². The van der Waals surface area contributed by atoms with Crippen LogP contribution in [-0.4, -0.2) is 50.4 Å². The van der Waals surface area contributed by atoms with Gasteiger partial charge in [-0.3, -0.25) is 4.79 Å². The standard InChI is InChI=1S/C14H17N3O3S/c1-17(12-6-7-21(19,20)10-12)14(18)9-16-13-5-3-2-4-11(13)8-15/h2-5,12,16H,6-7,9-10H2,1H3. The van der Waals surface area contributed by atoms with Crippen LogP contribution in [0.3, 0.4) is 0 Å². The highest BCUT2D eigenvalue weighted by atomic mass is 32.2. The van der Waals surface area contributed by atoms with E-state index in [0.29, 0.717) is 17.7 Å². The number of amides is 1. The van der Waals surface area contributed by atoms with Crippen LogP contribution in [0.1, 0.15) is 12.0 Å². The minimum absolute atomic E-state index is 0.0318. The molecule has 0 aliphatic carbocycles. The Bertz CT molecular complexity index is 679. The van der Waals surface area contributed by atoms with Crippen LogP contribution in [0.15, 0.2) is 24.3 Å². The first kappa shape index (κ1) is 15.3. The van der Waals surface area contributed by atoms with Gasteiger partial charge in [0.1, 0.15) is 6.07 Å². The summed E-state index contributed by atoms with van der Waals surface area (Å²) in [4.78, 5) is 13.6. The van der Waals surface area contributed by atoms with Gasteiger partial charge in [-0.1, -0.05) is 12.1 Å². The molecule has 112 valence electrons. The number of nitriles is 1. The lowest BCUT2D eigenvalue weighted by molar-refractivity contribution is -0.129. The van der Waals surface area contributed by atoms with Crippen molar-refractivity contribution >= 4 is 21.4 Å². The smallest absolute Gasteiger partial charge is 0.241 e. The summed E-state index contributed by atoms with van der Waals surface area (Å²) in [6, 6.07) is 8.72. The SMILES string of the molecule is CN(C(=O)CNc1ccccc1C#N)C1CCS(=O)(=O)C1. The van der Waals surface area contributed by atoms with Crippen LogP contribution in [-0.2, 0) is 14.6 Å². The topological polar surface area (TPSA) is 90.3 Å². The Morgan fingerprint density at radius 2 is 2.19 bits per heavy atom. The lowest BCUT2D eigenvalue weighted by atomic mass is 10.2. The second kappa shape index (κ2) is 6.14. The van der Waals surface area contributed by atoms with Gasteiger partial charge in [-0.15, -0.1) is 0 Å². The van der Waals surface area contributed by atoms with Crippen molar-refractivity contribution in [2.75, 3.05) is 30.4 Å². The molecule has 0 spiro atoms. The highest BCUT2D eigenvalue weighted by Gasteiger charge is 2.32. The van der Waals surface area contributed by atoms with Crippen LogP contribution in [0.5, 0.6) is 0 Å². The van der Waals surface area contributed by atoms with Crippen molar-refractivity contribution in [1.29, 1.82) is 5.26 Å². The molecule has 2 rings (SSSR count). The number of carbonyl (C=O) groups is 1. The molecule has 6 nitrogen and oxygen atoms in total. The average molecular weight is 307 g/mol. The van der Waals surface area contributed by atoms with Gasteiger partial charge in [0.2, 0.25) is 5.91 Å². The maximum Gasteiger partial charge on any atom is 0.241 e. The number of hydrogen-bond acceptors (Lipinski definition) is 5. The van der Waals surface area contributed by atoms with E-state index in [9.17, 15) is 13.2 Å². The lowest BCUT2D eigenvalue weighted by Gasteiger charge is -2.23. The minimum Gasteiger partial charge on any atom is -0.375 e. The first-order valence-electron chi connectivity index (χ1n) is 6.62. The molecule has 1 atom stereocenters. The van der Waals surface area contributed by atoms with E-state index in [2.05, 4.69) is 5.32 Å². The Balaban J connectivity index is 1.95. The molecule has 0 saturated carbocycles. The van der Waals surface area contributed by atoms with E-state index in [0.717, 1.165) is 0 Å². The highest BCUT2D eigenvalue weighted by Crippen LogP contribution is 2.17. The van der Waals surface area contributed by atoms with Crippen LogP contribution in [0.4, 0.5) is 5.69 Å². The molecule has 1 aliphatic heterocycles. The number of hydrogen-bond donors (Lipinski definition) is 1. The van der Waals surface area contributed by atoms with Gasteiger partial charge < -0.3 is 10.2 Å². The Labute approximate surface area is 124 Å². The lowest BCUT2D eigenvalue weighted by Crippen LogP contribution is -2.40. The van der Waals surface area contributed by atoms with Crippen LogP contribution in [0.25, 0.3) is 0 Å². The number of anilines is 1. The van der Waals surface area contributed by atoms with Gasteiger partial charge in [0.25, 0.3) is 0 Å². The molecule has 21 heavy (non-hydrogen) atoms. The van der Waals surface area contributed by atoms with Crippen LogP contribution < -0.4 is 5.32 Å². The zero-order valence-corrected chi connectivity index (χ0v) is 12.6. The number of likely N-dealkylation sites (N-methyl/N-ethyl adjacent to an activating group) is 1. The fraction of sp³-hybridized carbons (Fsp3) is 0.429. The number of para-hydroxylation sites is 1. The summed E-state index contributed by atoms with van der Waals surface area (Å²) in [5.41, 5.74) is 1.07. The first-order chi connectivity index (χ1) is 9.93. The number of nitrogens with zero attached hydrogens (tertiary/aromatic N) is 2. The molecule has 1 aromatic rings. The number of sulfone groups is 1. The van der Waals surface area contributed by atoms with E-state index < -0.39 is 9.84 Å². The zero-order chi connectivity index (χ0) is 15.5. The number of benzene rings is 1. The maximum absolute atomic E-state index is 12.1. The molecule has 1 unspecified atom stereocenters. The van der Waals surface area contributed by atoms with Crippen molar-refractivity contribution < 1.29 is 13.2 Å². The van der Waals surface area contributed by atoms with Gasteiger partial charge in [0.05, 0.1) is 29.3 Å². The van der Waals surface area contributed by atoms with Crippen molar-refractivity contribution in [1.82, 2.24) is 4.90 Å². The summed E-state index contributed by atoms with van der Waals surface area (Å²) >= 11 is 0. The number of nitrogens with one attached hydrogen (secondary N) is 1. The Morgan fingerprint density at radius 3 is 2.81 bits per heavy atom. The van der Waals surface area contributed by atoms with E-state index >= 15 is 0 Å². The van der Waals surface area contributed by atoms with Gasteiger partial charge >= 0.3 is 0 Å². The molecule has 7 heteroatoms. The maximum atomic E-state index is 12.1. The normalized spacial score (nSPS) is 19.7. The summed E-state index contributed by atoms with van der Waals surface area (Å²) in [5.74, 6) is -0.0193. The Morgan fingerprint density at radius 1 is 1.48 bits per heavy atom. The fourth-order valence-electron chi connectivity index (χ4n) is 2.31. The van der Waals surface area contributed by atoms with Crippen molar-refractivity contribution in [3.8, 4) is 6.07 Å². The summed E-state index contributed by atoms with van der Waals surface area (Å²) in [5, 5.41) is 11.9. The Kier molecular flexibility index (Phi) is 4.48. The largest absolute Gasteiger partial charge is 0.375 e. The summed E-state index contributed by atoms with van der Waals surface area (Å²) in [7, 11) is -1.39. The number of rotatable bonds is 4. The third-order valence-corrected chi connectivity index (χ3v) is 5.38. The molecular formula is C14H17N3O3S. The van der Waals surface area contributed by atoms with Crippen LogP contribution in [0.2, 0.25) is 0 Å². The molecule has 1 saturated heterocycles. The predicted octanol–water partition coefficient (Wildman–Crippen LogP) is 0.616. The average Bonchev–Trinajstić information content (AvgIpc) is 2.84. The molecular weight excluding hydrogens is 290 g/mol. The van der Waals surface area contributed by atoms with Gasteiger partial charge in [0, 0.05) is 13.1 Å². The zero-order valence-electron chi connectivity index (χ0n) is 11.7. The van der Waals surface area contributed by atoms with Crippen molar-refractivity contribution in [3.63, 3.8) is 0 Å². The quantitative estimate of drug-likeness (QED) is 0.880. The van der Waals surface area contributed by atoms with E-state index in [1.807, 2.05) is 6.07 Å². The second-order valence-corrected chi connectivity index (χ2v) is 7.30. The van der Waals surface area contributed by atoms with Crippen molar-refractivity contribution in [2.45, 2.75) is 12.5 Å². The van der Waals surface area contributed by atoms with Gasteiger partial charge in [-0.05, 0) is 18.6 Å². The van der Waals surface area contributed by atoms with Gasteiger partial charge in [0.15, 0.2) is 9.84 Å². The Hall–Kier alpha value is -2.07. The first-order valence-corrected chi connectivity index (χ1v) is 8.44. The summed E-state index contributed by atoms with van der Waals surface area (Å²) < 4.78 is 22.9. The molecule has 1 heterocycles. The highest BCUT2D eigenvalue weighted by molar-refractivity contribution is 7.91. The monoisotopic (exact) mass is 307 g/mol. The van der Waals surface area contributed by atoms with E-state index in [-0.39, 0.29) is 30.0 Å². The molecule has 1 N–H and O–H groups in total. The van der Waals surface area contributed by atoms with E-state index in [4.69, 9.17) is 5.26 Å². The predicted molar refractivity (Wildman–Crippen MR) is 79.5 cm³/mol. The third kappa shape index (κ3) is 3.73. The van der Waals surface area contributed by atoms with Crippen LogP contribution in [0, 0.1) is 11.3 Å². The summed E-state index contributed by atoms with van der Waals surface area (Å²) in [6.45, 7) is 0.0335. The molecule has 0 radical (unpaired) electrons.